The molecule has 1 aromatic carbocycles. The van der Waals surface area contributed by atoms with Gasteiger partial charge in [0, 0.05) is 10.5 Å². The molecule has 1 unspecified atom stereocenters. The van der Waals surface area contributed by atoms with Crippen molar-refractivity contribution in [2.45, 2.75) is 19.5 Å². The standard InChI is InChI=1S/C14H14BrNO3/c1-9(12-4-2-3-5-13(12)15)16-7-11-6-10(8-19-11)14(17)18/h2-6,8-9,16H,7H2,1H3,(H,17,18). The van der Waals surface area contributed by atoms with Crippen LogP contribution in [0.3, 0.4) is 0 Å². The van der Waals surface area contributed by atoms with Crippen LogP contribution in [0.15, 0.2) is 45.5 Å². The Labute approximate surface area is 119 Å². The van der Waals surface area contributed by atoms with Crippen LogP contribution in [0.5, 0.6) is 0 Å². The zero-order valence-corrected chi connectivity index (χ0v) is 12.0. The molecule has 0 saturated carbocycles. The summed E-state index contributed by atoms with van der Waals surface area (Å²) in [6.07, 6.45) is 1.25. The first kappa shape index (κ1) is 13.8. The summed E-state index contributed by atoms with van der Waals surface area (Å²) in [6, 6.07) is 9.63. The predicted octanol–water partition coefficient (Wildman–Crippen LogP) is 3.59. The number of benzene rings is 1. The van der Waals surface area contributed by atoms with Crippen molar-refractivity contribution in [3.05, 3.63) is 58.0 Å². The lowest BCUT2D eigenvalue weighted by Crippen LogP contribution is -2.18. The number of aromatic carboxylic acids is 1. The van der Waals surface area contributed by atoms with Crippen molar-refractivity contribution in [1.29, 1.82) is 0 Å². The van der Waals surface area contributed by atoms with Gasteiger partial charge in [-0.3, -0.25) is 0 Å². The van der Waals surface area contributed by atoms with E-state index in [1.165, 1.54) is 12.3 Å². The Bertz CT molecular complexity index is 580. The van der Waals surface area contributed by atoms with E-state index >= 15 is 0 Å². The monoisotopic (exact) mass is 323 g/mol. The van der Waals surface area contributed by atoms with Crippen LogP contribution in [-0.2, 0) is 6.54 Å². The maximum Gasteiger partial charge on any atom is 0.338 e. The first-order chi connectivity index (χ1) is 9.08. The van der Waals surface area contributed by atoms with Gasteiger partial charge < -0.3 is 14.8 Å². The Morgan fingerprint density at radius 1 is 1.47 bits per heavy atom. The highest BCUT2D eigenvalue weighted by Crippen LogP contribution is 2.23. The molecule has 0 bridgehead atoms. The number of rotatable bonds is 5. The number of halogens is 1. The Morgan fingerprint density at radius 3 is 2.84 bits per heavy atom. The van der Waals surface area contributed by atoms with E-state index < -0.39 is 5.97 Å². The highest BCUT2D eigenvalue weighted by molar-refractivity contribution is 9.10. The fourth-order valence-electron chi connectivity index (χ4n) is 1.78. The molecule has 19 heavy (non-hydrogen) atoms. The first-order valence-corrected chi connectivity index (χ1v) is 6.65. The van der Waals surface area contributed by atoms with Gasteiger partial charge in [-0.05, 0) is 24.6 Å². The van der Waals surface area contributed by atoms with Gasteiger partial charge in [-0.25, -0.2) is 4.79 Å². The zero-order chi connectivity index (χ0) is 13.8. The van der Waals surface area contributed by atoms with Crippen molar-refractivity contribution in [2.75, 3.05) is 0 Å². The van der Waals surface area contributed by atoms with Gasteiger partial charge in [0.25, 0.3) is 0 Å². The van der Waals surface area contributed by atoms with E-state index in [4.69, 9.17) is 9.52 Å². The van der Waals surface area contributed by atoms with Crippen molar-refractivity contribution in [2.24, 2.45) is 0 Å². The highest BCUT2D eigenvalue weighted by atomic mass is 79.9. The smallest absolute Gasteiger partial charge is 0.338 e. The maximum atomic E-state index is 10.7. The number of carboxylic acids is 1. The molecule has 1 heterocycles. The number of carbonyl (C=O) groups is 1. The molecular formula is C14H14BrNO3. The van der Waals surface area contributed by atoms with Crippen LogP contribution < -0.4 is 5.32 Å². The van der Waals surface area contributed by atoms with Gasteiger partial charge in [-0.1, -0.05) is 34.1 Å². The normalized spacial score (nSPS) is 12.3. The summed E-state index contributed by atoms with van der Waals surface area (Å²) in [5.41, 5.74) is 1.32. The molecule has 2 rings (SSSR count). The molecule has 0 aliphatic heterocycles. The number of hydrogen-bond acceptors (Lipinski definition) is 3. The molecule has 100 valence electrons. The third-order valence-corrected chi connectivity index (χ3v) is 3.58. The Balaban J connectivity index is 1.98. The molecule has 5 heteroatoms. The zero-order valence-electron chi connectivity index (χ0n) is 10.4. The SMILES string of the molecule is CC(NCc1cc(C(=O)O)co1)c1ccccc1Br. The van der Waals surface area contributed by atoms with E-state index in [-0.39, 0.29) is 11.6 Å². The second kappa shape index (κ2) is 6.04. The van der Waals surface area contributed by atoms with Gasteiger partial charge in [0.15, 0.2) is 0 Å². The molecule has 1 atom stereocenters. The Morgan fingerprint density at radius 2 is 2.21 bits per heavy atom. The van der Waals surface area contributed by atoms with Crippen LogP contribution in [0.1, 0.15) is 34.6 Å². The lowest BCUT2D eigenvalue weighted by Gasteiger charge is -2.14. The number of nitrogens with one attached hydrogen (secondary N) is 1. The largest absolute Gasteiger partial charge is 0.478 e. The molecule has 0 spiro atoms. The topological polar surface area (TPSA) is 62.5 Å². The summed E-state index contributed by atoms with van der Waals surface area (Å²) in [4.78, 5) is 10.7. The molecule has 2 aromatic rings. The van der Waals surface area contributed by atoms with E-state index in [9.17, 15) is 4.79 Å². The van der Waals surface area contributed by atoms with Crippen molar-refractivity contribution in [1.82, 2.24) is 5.32 Å². The molecule has 0 aliphatic rings. The summed E-state index contributed by atoms with van der Waals surface area (Å²) in [7, 11) is 0. The lowest BCUT2D eigenvalue weighted by molar-refractivity contribution is 0.0696. The Hall–Kier alpha value is -1.59. The number of carboxylic acid groups (broad SMARTS) is 1. The van der Waals surface area contributed by atoms with Crippen LogP contribution in [0.2, 0.25) is 0 Å². The lowest BCUT2D eigenvalue weighted by atomic mass is 10.1. The van der Waals surface area contributed by atoms with Crippen molar-refractivity contribution in [3.63, 3.8) is 0 Å². The number of furan rings is 1. The average Bonchev–Trinajstić information content (AvgIpc) is 2.85. The van der Waals surface area contributed by atoms with Crippen LogP contribution in [0.25, 0.3) is 0 Å². The summed E-state index contributed by atoms with van der Waals surface area (Å²) in [5, 5.41) is 12.1. The quantitative estimate of drug-likeness (QED) is 0.882. The van der Waals surface area contributed by atoms with E-state index in [1.807, 2.05) is 31.2 Å². The predicted molar refractivity (Wildman–Crippen MR) is 75.1 cm³/mol. The van der Waals surface area contributed by atoms with Crippen LogP contribution in [-0.4, -0.2) is 11.1 Å². The molecular weight excluding hydrogens is 310 g/mol. The molecule has 0 saturated heterocycles. The van der Waals surface area contributed by atoms with Gasteiger partial charge in [0.1, 0.15) is 12.0 Å². The second-order valence-electron chi connectivity index (χ2n) is 4.23. The van der Waals surface area contributed by atoms with Crippen molar-refractivity contribution in [3.8, 4) is 0 Å². The van der Waals surface area contributed by atoms with Gasteiger partial charge in [-0.15, -0.1) is 0 Å². The van der Waals surface area contributed by atoms with E-state index in [0.717, 1.165) is 10.0 Å². The van der Waals surface area contributed by atoms with Crippen molar-refractivity contribution >= 4 is 21.9 Å². The Kier molecular flexibility index (Phi) is 4.39. The van der Waals surface area contributed by atoms with Crippen LogP contribution in [0, 0.1) is 0 Å². The summed E-state index contributed by atoms with van der Waals surface area (Å²) in [5.74, 6) is -0.370. The summed E-state index contributed by atoms with van der Waals surface area (Å²) < 4.78 is 6.23. The van der Waals surface area contributed by atoms with E-state index in [2.05, 4.69) is 21.2 Å². The van der Waals surface area contributed by atoms with Crippen LogP contribution in [0.4, 0.5) is 0 Å². The molecule has 0 fully saturated rings. The minimum absolute atomic E-state index is 0.133. The molecule has 2 N–H and O–H groups in total. The van der Waals surface area contributed by atoms with Gasteiger partial charge in [0.2, 0.25) is 0 Å². The summed E-state index contributed by atoms with van der Waals surface area (Å²) in [6.45, 7) is 2.52. The minimum atomic E-state index is -0.978. The van der Waals surface area contributed by atoms with Crippen molar-refractivity contribution < 1.29 is 14.3 Å². The molecule has 0 radical (unpaired) electrons. The van der Waals surface area contributed by atoms with Gasteiger partial charge in [-0.2, -0.15) is 0 Å². The fraction of sp³-hybridized carbons (Fsp3) is 0.214. The van der Waals surface area contributed by atoms with Gasteiger partial charge >= 0.3 is 5.97 Å². The second-order valence-corrected chi connectivity index (χ2v) is 5.09. The third-order valence-electron chi connectivity index (χ3n) is 2.85. The molecule has 0 amide bonds. The minimum Gasteiger partial charge on any atom is -0.478 e. The average molecular weight is 324 g/mol. The first-order valence-electron chi connectivity index (χ1n) is 5.86. The molecule has 1 aromatic heterocycles. The fourth-order valence-corrected chi connectivity index (χ4v) is 2.40. The maximum absolute atomic E-state index is 10.7. The highest BCUT2D eigenvalue weighted by Gasteiger charge is 2.11. The van der Waals surface area contributed by atoms with Gasteiger partial charge in [0.05, 0.1) is 12.1 Å². The molecule has 4 nitrogen and oxygen atoms in total. The summed E-state index contributed by atoms with van der Waals surface area (Å²) >= 11 is 3.51. The third kappa shape index (κ3) is 3.45. The van der Waals surface area contributed by atoms with E-state index in [1.54, 1.807) is 0 Å². The number of hydrogen-bond donors (Lipinski definition) is 2. The molecule has 0 aliphatic carbocycles. The van der Waals surface area contributed by atoms with E-state index in [0.29, 0.717) is 12.3 Å². The van der Waals surface area contributed by atoms with Crippen LogP contribution >= 0.6 is 15.9 Å².